The molecule has 0 spiro atoms. The SMILES string of the molecule is COCCCN1CCC(NC(=O)c2ccc(CN)cc2)CC1. The molecule has 1 aromatic rings. The van der Waals surface area contributed by atoms with Gasteiger partial charge in [0.15, 0.2) is 0 Å². The van der Waals surface area contributed by atoms with Gasteiger partial charge in [0.1, 0.15) is 0 Å². The minimum absolute atomic E-state index is 0.0152. The number of methoxy groups -OCH3 is 1. The van der Waals surface area contributed by atoms with E-state index in [4.69, 9.17) is 10.5 Å². The highest BCUT2D eigenvalue weighted by Gasteiger charge is 2.20. The van der Waals surface area contributed by atoms with E-state index in [2.05, 4.69) is 10.2 Å². The van der Waals surface area contributed by atoms with E-state index in [0.29, 0.717) is 12.1 Å². The number of nitrogens with zero attached hydrogens (tertiary/aromatic N) is 1. The summed E-state index contributed by atoms with van der Waals surface area (Å²) in [5, 5.41) is 3.14. The Hall–Kier alpha value is -1.43. The lowest BCUT2D eigenvalue weighted by Gasteiger charge is -2.32. The van der Waals surface area contributed by atoms with Gasteiger partial charge in [-0.25, -0.2) is 0 Å². The van der Waals surface area contributed by atoms with Crippen molar-refractivity contribution in [1.29, 1.82) is 0 Å². The number of hydrogen-bond acceptors (Lipinski definition) is 4. The summed E-state index contributed by atoms with van der Waals surface area (Å²) in [6.07, 6.45) is 3.10. The second-order valence-electron chi connectivity index (χ2n) is 5.84. The Bertz CT molecular complexity index is 453. The molecule has 1 amide bonds. The molecule has 0 bridgehead atoms. The zero-order valence-electron chi connectivity index (χ0n) is 13.4. The predicted octanol–water partition coefficient (Wildman–Crippen LogP) is 1.38. The molecule has 1 aliphatic heterocycles. The summed E-state index contributed by atoms with van der Waals surface area (Å²) in [4.78, 5) is 14.7. The van der Waals surface area contributed by atoms with Gasteiger partial charge in [-0.2, -0.15) is 0 Å². The fourth-order valence-corrected chi connectivity index (χ4v) is 2.79. The lowest BCUT2D eigenvalue weighted by molar-refractivity contribution is 0.0907. The molecule has 1 aliphatic rings. The van der Waals surface area contributed by atoms with Gasteiger partial charge >= 0.3 is 0 Å². The fraction of sp³-hybridized carbons (Fsp3) is 0.588. The molecule has 0 radical (unpaired) electrons. The van der Waals surface area contributed by atoms with Gasteiger partial charge in [0.25, 0.3) is 5.91 Å². The number of nitrogens with one attached hydrogen (secondary N) is 1. The average molecular weight is 305 g/mol. The van der Waals surface area contributed by atoms with Gasteiger partial charge in [-0.05, 0) is 37.0 Å². The van der Waals surface area contributed by atoms with Crippen LogP contribution in [0.15, 0.2) is 24.3 Å². The fourth-order valence-electron chi connectivity index (χ4n) is 2.79. The summed E-state index contributed by atoms with van der Waals surface area (Å²) in [6.45, 7) is 4.48. The maximum Gasteiger partial charge on any atom is 0.251 e. The largest absolute Gasteiger partial charge is 0.385 e. The van der Waals surface area contributed by atoms with Gasteiger partial charge in [0, 0.05) is 51.5 Å². The molecule has 1 saturated heterocycles. The maximum absolute atomic E-state index is 12.2. The number of ether oxygens (including phenoxy) is 1. The summed E-state index contributed by atoms with van der Waals surface area (Å²) in [6, 6.07) is 7.79. The third-order valence-corrected chi connectivity index (χ3v) is 4.20. The average Bonchev–Trinajstić information content (AvgIpc) is 2.57. The number of rotatable bonds is 7. The van der Waals surface area contributed by atoms with Crippen LogP contribution < -0.4 is 11.1 Å². The minimum atomic E-state index is 0.0152. The van der Waals surface area contributed by atoms with Crippen molar-refractivity contribution >= 4 is 5.91 Å². The van der Waals surface area contributed by atoms with Crippen LogP contribution in [0, 0.1) is 0 Å². The molecule has 2 rings (SSSR count). The first-order valence-electron chi connectivity index (χ1n) is 8.04. The molecule has 1 fully saturated rings. The third kappa shape index (κ3) is 5.09. The van der Waals surface area contributed by atoms with Crippen LogP contribution in [0.3, 0.4) is 0 Å². The standard InChI is InChI=1S/C17H27N3O2/c1-22-12-2-9-20-10-7-16(8-11-20)19-17(21)15-5-3-14(13-18)4-6-15/h3-6,16H,2,7-13,18H2,1H3,(H,19,21). The molecule has 1 aromatic carbocycles. The Morgan fingerprint density at radius 2 is 2.00 bits per heavy atom. The van der Waals surface area contributed by atoms with Crippen LogP contribution in [-0.4, -0.2) is 50.2 Å². The van der Waals surface area contributed by atoms with Crippen molar-refractivity contribution in [2.45, 2.75) is 31.8 Å². The Balaban J connectivity index is 1.74. The Kier molecular flexibility index (Phi) is 6.83. The van der Waals surface area contributed by atoms with E-state index in [1.807, 2.05) is 24.3 Å². The van der Waals surface area contributed by atoms with Crippen LogP contribution in [0.5, 0.6) is 0 Å². The van der Waals surface area contributed by atoms with Crippen molar-refractivity contribution in [3.8, 4) is 0 Å². The van der Waals surface area contributed by atoms with E-state index in [1.54, 1.807) is 7.11 Å². The first kappa shape index (κ1) is 16.9. The van der Waals surface area contributed by atoms with Crippen molar-refractivity contribution < 1.29 is 9.53 Å². The number of amides is 1. The monoisotopic (exact) mass is 305 g/mol. The van der Waals surface area contributed by atoms with E-state index in [-0.39, 0.29) is 11.9 Å². The summed E-state index contributed by atoms with van der Waals surface area (Å²) in [5.74, 6) is 0.0152. The van der Waals surface area contributed by atoms with Gasteiger partial charge in [-0.1, -0.05) is 12.1 Å². The first-order chi connectivity index (χ1) is 10.7. The number of hydrogen-bond donors (Lipinski definition) is 2. The van der Waals surface area contributed by atoms with Crippen molar-refractivity contribution in [1.82, 2.24) is 10.2 Å². The number of likely N-dealkylation sites (tertiary alicyclic amines) is 1. The molecule has 0 aliphatic carbocycles. The van der Waals surface area contributed by atoms with E-state index in [9.17, 15) is 4.79 Å². The molecule has 0 unspecified atom stereocenters. The molecule has 5 nitrogen and oxygen atoms in total. The van der Waals surface area contributed by atoms with Gasteiger partial charge < -0.3 is 20.7 Å². The predicted molar refractivity (Wildman–Crippen MR) is 87.8 cm³/mol. The Morgan fingerprint density at radius 1 is 1.32 bits per heavy atom. The molecule has 0 atom stereocenters. The summed E-state index contributed by atoms with van der Waals surface area (Å²) < 4.78 is 5.08. The van der Waals surface area contributed by atoms with Crippen molar-refractivity contribution in [3.63, 3.8) is 0 Å². The Morgan fingerprint density at radius 3 is 2.59 bits per heavy atom. The molecule has 22 heavy (non-hydrogen) atoms. The number of nitrogens with two attached hydrogens (primary N) is 1. The second-order valence-corrected chi connectivity index (χ2v) is 5.84. The van der Waals surface area contributed by atoms with Gasteiger partial charge in [0.05, 0.1) is 0 Å². The number of carbonyl (C=O) groups is 1. The van der Waals surface area contributed by atoms with E-state index >= 15 is 0 Å². The second kappa shape index (κ2) is 8.88. The third-order valence-electron chi connectivity index (χ3n) is 4.20. The van der Waals surface area contributed by atoms with Crippen LogP contribution >= 0.6 is 0 Å². The van der Waals surface area contributed by atoms with Crippen molar-refractivity contribution in [2.24, 2.45) is 5.73 Å². The lowest BCUT2D eigenvalue weighted by atomic mass is 10.0. The molecule has 0 saturated carbocycles. The Labute approximate surface area is 132 Å². The lowest BCUT2D eigenvalue weighted by Crippen LogP contribution is -2.45. The first-order valence-corrected chi connectivity index (χ1v) is 8.04. The number of piperidine rings is 1. The topological polar surface area (TPSA) is 67.6 Å². The highest BCUT2D eigenvalue weighted by Crippen LogP contribution is 2.12. The quantitative estimate of drug-likeness (QED) is 0.747. The summed E-state index contributed by atoms with van der Waals surface area (Å²) in [7, 11) is 1.74. The highest BCUT2D eigenvalue weighted by molar-refractivity contribution is 5.94. The molecule has 0 aromatic heterocycles. The minimum Gasteiger partial charge on any atom is -0.385 e. The number of benzene rings is 1. The van der Waals surface area contributed by atoms with Crippen LogP contribution in [0.2, 0.25) is 0 Å². The van der Waals surface area contributed by atoms with Crippen LogP contribution in [-0.2, 0) is 11.3 Å². The van der Waals surface area contributed by atoms with Crippen molar-refractivity contribution in [3.05, 3.63) is 35.4 Å². The van der Waals surface area contributed by atoms with Gasteiger partial charge in [-0.15, -0.1) is 0 Å². The van der Waals surface area contributed by atoms with E-state index in [0.717, 1.165) is 51.1 Å². The smallest absolute Gasteiger partial charge is 0.251 e. The molecule has 3 N–H and O–H groups in total. The van der Waals surface area contributed by atoms with Gasteiger partial charge in [-0.3, -0.25) is 4.79 Å². The summed E-state index contributed by atoms with van der Waals surface area (Å²) in [5.41, 5.74) is 7.32. The van der Waals surface area contributed by atoms with Crippen LogP contribution in [0.1, 0.15) is 35.2 Å². The van der Waals surface area contributed by atoms with Crippen LogP contribution in [0.4, 0.5) is 0 Å². The number of carbonyl (C=O) groups excluding carboxylic acids is 1. The summed E-state index contributed by atoms with van der Waals surface area (Å²) >= 11 is 0. The zero-order chi connectivity index (χ0) is 15.8. The molecular weight excluding hydrogens is 278 g/mol. The molecular formula is C17H27N3O2. The highest BCUT2D eigenvalue weighted by atomic mass is 16.5. The molecule has 1 heterocycles. The molecule has 5 heteroatoms. The zero-order valence-corrected chi connectivity index (χ0v) is 13.4. The van der Waals surface area contributed by atoms with Crippen molar-refractivity contribution in [2.75, 3.05) is 33.4 Å². The van der Waals surface area contributed by atoms with E-state index in [1.165, 1.54) is 0 Å². The maximum atomic E-state index is 12.2. The van der Waals surface area contributed by atoms with E-state index < -0.39 is 0 Å². The van der Waals surface area contributed by atoms with Gasteiger partial charge in [0.2, 0.25) is 0 Å². The van der Waals surface area contributed by atoms with Crippen LogP contribution in [0.25, 0.3) is 0 Å². The normalized spacial score (nSPS) is 16.6. The molecule has 122 valence electrons.